The zero-order chi connectivity index (χ0) is 18.5. The van der Waals surface area contributed by atoms with Crippen molar-refractivity contribution in [3.8, 4) is 0 Å². The molecule has 4 N–H and O–H groups in total. The molecule has 0 aromatic heterocycles. The Morgan fingerprint density at radius 1 is 0.962 bits per heavy atom. The number of hydrogen-bond donors (Lipinski definition) is 4. The quantitative estimate of drug-likeness (QED) is 0.548. The summed E-state index contributed by atoms with van der Waals surface area (Å²) >= 11 is 3.21. The third-order valence-electron chi connectivity index (χ3n) is 4.43. The summed E-state index contributed by atoms with van der Waals surface area (Å²) in [6.45, 7) is 9.10. The molecule has 26 heavy (non-hydrogen) atoms. The molecule has 7 heteroatoms. The minimum Gasteiger partial charge on any atom is -0.325 e. The van der Waals surface area contributed by atoms with Crippen molar-refractivity contribution < 1.29 is 4.79 Å². The Balaban J connectivity index is 1.93. The molecule has 6 nitrogen and oxygen atoms in total. The van der Waals surface area contributed by atoms with Gasteiger partial charge < -0.3 is 21.3 Å². The van der Waals surface area contributed by atoms with Gasteiger partial charge in [-0.05, 0) is 50.7 Å². The fraction of sp³-hybridized carbons (Fsp3) is 0.632. The number of hydrogen-bond acceptors (Lipinski definition) is 5. The van der Waals surface area contributed by atoms with E-state index in [1.54, 1.807) is 0 Å². The third-order valence-corrected chi connectivity index (χ3v) is 4.93. The van der Waals surface area contributed by atoms with Crippen molar-refractivity contribution >= 4 is 27.5 Å². The number of anilines is 1. The lowest BCUT2D eigenvalue weighted by molar-refractivity contribution is -0.113. The highest BCUT2D eigenvalue weighted by atomic mass is 79.9. The van der Waals surface area contributed by atoms with E-state index >= 15 is 0 Å². The van der Waals surface area contributed by atoms with Crippen LogP contribution in [0.5, 0.6) is 0 Å². The van der Waals surface area contributed by atoms with E-state index in [1.165, 1.54) is 5.56 Å². The van der Waals surface area contributed by atoms with Gasteiger partial charge in [-0.25, -0.2) is 0 Å². The average molecular weight is 426 g/mol. The largest absolute Gasteiger partial charge is 0.325 e. The lowest BCUT2D eigenvalue weighted by Crippen LogP contribution is -2.36. The van der Waals surface area contributed by atoms with Crippen LogP contribution in [0.4, 0.5) is 5.69 Å². The summed E-state index contributed by atoms with van der Waals surface area (Å²) in [7, 11) is 0. The molecule has 1 aliphatic heterocycles. The SMILES string of the molecule is O=C(CBr)Nc1ccccc1CN1CCCNCCNCCCNCC1. The monoisotopic (exact) mass is 425 g/mol. The van der Waals surface area contributed by atoms with Gasteiger partial charge in [0.25, 0.3) is 0 Å². The molecule has 1 aliphatic rings. The highest BCUT2D eigenvalue weighted by molar-refractivity contribution is 9.09. The van der Waals surface area contributed by atoms with Crippen LogP contribution in [0.1, 0.15) is 18.4 Å². The summed E-state index contributed by atoms with van der Waals surface area (Å²) < 4.78 is 0. The van der Waals surface area contributed by atoms with Crippen LogP contribution in [-0.4, -0.2) is 68.5 Å². The van der Waals surface area contributed by atoms with Gasteiger partial charge in [-0.3, -0.25) is 9.69 Å². The van der Waals surface area contributed by atoms with Crippen molar-refractivity contribution in [3.05, 3.63) is 29.8 Å². The van der Waals surface area contributed by atoms with E-state index in [4.69, 9.17) is 0 Å². The second-order valence-corrected chi connectivity index (χ2v) is 7.13. The molecule has 0 saturated carbocycles. The molecule has 1 heterocycles. The number of halogens is 1. The first-order valence-corrected chi connectivity index (χ1v) is 10.7. The summed E-state index contributed by atoms with van der Waals surface area (Å²) in [6, 6.07) is 8.09. The Kier molecular flexibility index (Phi) is 10.8. The predicted molar refractivity (Wildman–Crippen MR) is 112 cm³/mol. The fourth-order valence-electron chi connectivity index (χ4n) is 3.03. The van der Waals surface area contributed by atoms with Crippen LogP contribution in [0.25, 0.3) is 0 Å². The van der Waals surface area contributed by atoms with E-state index in [9.17, 15) is 4.79 Å². The third kappa shape index (κ3) is 8.60. The van der Waals surface area contributed by atoms with Gasteiger partial charge in [-0.15, -0.1) is 0 Å². The Bertz CT molecular complexity index is 514. The molecular formula is C19H32BrN5O. The Labute approximate surface area is 165 Å². The molecule has 0 unspecified atom stereocenters. The van der Waals surface area contributed by atoms with Crippen LogP contribution in [0.3, 0.4) is 0 Å². The Morgan fingerprint density at radius 2 is 1.65 bits per heavy atom. The summed E-state index contributed by atoms with van der Waals surface area (Å²) in [5, 5.41) is 13.8. The van der Waals surface area contributed by atoms with Gasteiger partial charge in [-0.2, -0.15) is 0 Å². The molecule has 1 aromatic carbocycles. The Hall–Kier alpha value is -0.990. The van der Waals surface area contributed by atoms with Crippen LogP contribution >= 0.6 is 15.9 Å². The molecule has 0 bridgehead atoms. The lowest BCUT2D eigenvalue weighted by atomic mass is 10.1. The van der Waals surface area contributed by atoms with Gasteiger partial charge in [0.15, 0.2) is 0 Å². The zero-order valence-corrected chi connectivity index (χ0v) is 17.1. The normalized spacial score (nSPS) is 18.8. The highest BCUT2D eigenvalue weighted by Gasteiger charge is 2.11. The van der Waals surface area contributed by atoms with E-state index < -0.39 is 0 Å². The van der Waals surface area contributed by atoms with E-state index in [2.05, 4.69) is 48.2 Å². The number of benzene rings is 1. The molecule has 0 atom stereocenters. The molecule has 1 saturated heterocycles. The van der Waals surface area contributed by atoms with Gasteiger partial charge in [0.1, 0.15) is 0 Å². The van der Waals surface area contributed by atoms with Crippen LogP contribution in [0.2, 0.25) is 0 Å². The van der Waals surface area contributed by atoms with Crippen LogP contribution in [0, 0.1) is 0 Å². The van der Waals surface area contributed by atoms with Crippen molar-refractivity contribution in [2.24, 2.45) is 0 Å². The first kappa shape index (κ1) is 21.3. The number of carbonyl (C=O) groups excluding carboxylic acids is 1. The summed E-state index contributed by atoms with van der Waals surface area (Å²) in [5.41, 5.74) is 2.08. The smallest absolute Gasteiger partial charge is 0.235 e. The van der Waals surface area contributed by atoms with Crippen molar-refractivity contribution in [3.63, 3.8) is 0 Å². The molecule has 0 radical (unpaired) electrons. The topological polar surface area (TPSA) is 68.4 Å². The van der Waals surface area contributed by atoms with Crippen molar-refractivity contribution in [1.82, 2.24) is 20.9 Å². The van der Waals surface area contributed by atoms with Crippen molar-refractivity contribution in [2.45, 2.75) is 19.4 Å². The maximum Gasteiger partial charge on any atom is 0.235 e. The van der Waals surface area contributed by atoms with Crippen LogP contribution in [-0.2, 0) is 11.3 Å². The number of nitrogens with zero attached hydrogens (tertiary/aromatic N) is 1. The number of para-hydroxylation sites is 1. The first-order chi connectivity index (χ1) is 12.8. The van der Waals surface area contributed by atoms with Crippen molar-refractivity contribution in [2.75, 3.05) is 63.0 Å². The molecule has 1 fully saturated rings. The number of amides is 1. The van der Waals surface area contributed by atoms with E-state index in [0.29, 0.717) is 5.33 Å². The van der Waals surface area contributed by atoms with Gasteiger partial charge in [0.2, 0.25) is 5.91 Å². The fourth-order valence-corrected chi connectivity index (χ4v) is 3.17. The first-order valence-electron chi connectivity index (χ1n) is 9.58. The van der Waals surface area contributed by atoms with Gasteiger partial charge in [-0.1, -0.05) is 34.1 Å². The minimum absolute atomic E-state index is 0.0158. The van der Waals surface area contributed by atoms with Gasteiger partial charge in [0.05, 0.1) is 5.33 Å². The summed E-state index contributed by atoms with van der Waals surface area (Å²) in [4.78, 5) is 14.2. The standard InChI is InChI=1S/C19H32BrN5O/c20-15-19(26)24-18-6-2-1-5-17(18)16-25-13-4-9-22-11-10-21-7-3-8-23-12-14-25/h1-2,5-6,21-23H,3-4,7-16H2,(H,24,26). The molecule has 1 amide bonds. The molecule has 2 rings (SSSR count). The van der Waals surface area contributed by atoms with Crippen molar-refractivity contribution in [1.29, 1.82) is 0 Å². The second-order valence-electron chi connectivity index (χ2n) is 6.57. The lowest BCUT2D eigenvalue weighted by Gasteiger charge is -2.24. The van der Waals surface area contributed by atoms with E-state index in [0.717, 1.165) is 77.4 Å². The molecule has 0 aliphatic carbocycles. The number of nitrogens with one attached hydrogen (secondary N) is 4. The molecule has 0 spiro atoms. The average Bonchev–Trinajstić information content (AvgIpc) is 2.66. The van der Waals surface area contributed by atoms with Gasteiger partial charge >= 0.3 is 0 Å². The van der Waals surface area contributed by atoms with Crippen LogP contribution < -0.4 is 21.3 Å². The Morgan fingerprint density at radius 3 is 2.42 bits per heavy atom. The summed E-state index contributed by atoms with van der Waals surface area (Å²) in [6.07, 6.45) is 2.28. The van der Waals surface area contributed by atoms with E-state index in [1.807, 2.05) is 18.2 Å². The van der Waals surface area contributed by atoms with Gasteiger partial charge in [0, 0.05) is 38.4 Å². The highest BCUT2D eigenvalue weighted by Crippen LogP contribution is 2.17. The second kappa shape index (κ2) is 13.2. The number of rotatable bonds is 4. The predicted octanol–water partition coefficient (Wildman–Crippen LogP) is 1.38. The van der Waals surface area contributed by atoms with E-state index in [-0.39, 0.29) is 5.91 Å². The number of alkyl halides is 1. The molecule has 146 valence electrons. The zero-order valence-electron chi connectivity index (χ0n) is 15.5. The molecular weight excluding hydrogens is 394 g/mol. The maximum absolute atomic E-state index is 11.7. The number of carbonyl (C=O) groups is 1. The minimum atomic E-state index is -0.0158. The summed E-state index contributed by atoms with van der Waals surface area (Å²) in [5.74, 6) is -0.0158. The maximum atomic E-state index is 11.7. The van der Waals surface area contributed by atoms with Crippen LogP contribution in [0.15, 0.2) is 24.3 Å². The molecule has 1 aromatic rings.